The van der Waals surface area contributed by atoms with E-state index in [1.807, 2.05) is 44.2 Å². The number of amides is 1. The summed E-state index contributed by atoms with van der Waals surface area (Å²) in [5.41, 5.74) is 0.492. The first-order valence-corrected chi connectivity index (χ1v) is 11.0. The lowest BCUT2D eigenvalue weighted by Gasteiger charge is -2.30. The molecule has 0 spiro atoms. The number of halogens is 1. The van der Waals surface area contributed by atoms with Gasteiger partial charge < -0.3 is 5.32 Å². The van der Waals surface area contributed by atoms with Crippen LogP contribution >= 0.6 is 11.6 Å². The maximum atomic E-state index is 13.0. The van der Waals surface area contributed by atoms with Gasteiger partial charge in [-0.1, -0.05) is 48.9 Å². The highest BCUT2D eigenvalue weighted by Gasteiger charge is 2.29. The predicted octanol–water partition coefficient (Wildman–Crippen LogP) is 4.42. The third-order valence-corrected chi connectivity index (χ3v) is 7.45. The molecule has 28 heavy (non-hydrogen) atoms. The molecule has 1 N–H and O–H groups in total. The van der Waals surface area contributed by atoms with Crippen molar-refractivity contribution in [2.45, 2.75) is 50.6 Å². The zero-order valence-electron chi connectivity index (χ0n) is 16.9. The predicted molar refractivity (Wildman–Crippen MR) is 113 cm³/mol. The highest BCUT2D eigenvalue weighted by atomic mass is 35.5. The zero-order valence-corrected chi connectivity index (χ0v) is 18.4. The number of sulfonamides is 1. The second-order valence-electron chi connectivity index (χ2n) is 7.26. The molecular formula is C21H27ClN2O3S. The van der Waals surface area contributed by atoms with Crippen molar-refractivity contribution in [1.29, 1.82) is 0 Å². The summed E-state index contributed by atoms with van der Waals surface area (Å²) in [5.74, 6) is -0.414. The van der Waals surface area contributed by atoms with E-state index in [2.05, 4.69) is 5.32 Å². The van der Waals surface area contributed by atoms with Gasteiger partial charge in [-0.25, -0.2) is 8.42 Å². The molecule has 0 bridgehead atoms. The molecule has 1 atom stereocenters. The first-order valence-electron chi connectivity index (χ1n) is 9.18. The molecule has 1 unspecified atom stereocenters. The quantitative estimate of drug-likeness (QED) is 0.717. The smallest absolute Gasteiger partial charge is 0.253 e. The molecule has 0 aliphatic heterocycles. The Bertz CT molecular complexity index is 945. The van der Waals surface area contributed by atoms with E-state index in [0.717, 1.165) is 5.56 Å². The Morgan fingerprint density at radius 3 is 2.32 bits per heavy atom. The fourth-order valence-corrected chi connectivity index (χ4v) is 4.37. The second kappa shape index (κ2) is 8.64. The molecule has 0 saturated carbocycles. The van der Waals surface area contributed by atoms with Crippen LogP contribution in [0.3, 0.4) is 0 Å². The van der Waals surface area contributed by atoms with Crippen molar-refractivity contribution in [3.63, 3.8) is 0 Å². The summed E-state index contributed by atoms with van der Waals surface area (Å²) < 4.78 is 26.8. The Morgan fingerprint density at radius 1 is 1.18 bits per heavy atom. The van der Waals surface area contributed by atoms with Crippen molar-refractivity contribution in [1.82, 2.24) is 9.62 Å². The lowest BCUT2D eigenvalue weighted by Crippen LogP contribution is -2.43. The molecule has 7 heteroatoms. The van der Waals surface area contributed by atoms with Crippen molar-refractivity contribution < 1.29 is 13.2 Å². The number of nitrogens with one attached hydrogen (secondary N) is 1. The monoisotopic (exact) mass is 422 g/mol. The van der Waals surface area contributed by atoms with E-state index in [1.54, 1.807) is 13.8 Å². The van der Waals surface area contributed by atoms with Gasteiger partial charge in [0, 0.05) is 13.1 Å². The van der Waals surface area contributed by atoms with Crippen molar-refractivity contribution in [3.05, 3.63) is 64.7 Å². The number of hydrogen-bond acceptors (Lipinski definition) is 3. The SMILES string of the molecule is CCC(C)(NC(=O)c1cc(S(=O)(=O)N(C)C(C)C)ccc1Cl)c1ccccc1. The fraction of sp³-hybridized carbons (Fsp3) is 0.381. The number of hydrogen-bond donors (Lipinski definition) is 1. The first kappa shape index (κ1) is 22.4. The maximum Gasteiger partial charge on any atom is 0.253 e. The van der Waals surface area contributed by atoms with Gasteiger partial charge in [-0.2, -0.15) is 4.31 Å². The third kappa shape index (κ3) is 4.57. The highest BCUT2D eigenvalue weighted by molar-refractivity contribution is 7.89. The summed E-state index contributed by atoms with van der Waals surface area (Å²) >= 11 is 6.23. The molecule has 5 nitrogen and oxygen atoms in total. The Hall–Kier alpha value is -1.89. The molecule has 0 heterocycles. The minimum atomic E-state index is -3.72. The lowest BCUT2D eigenvalue weighted by molar-refractivity contribution is 0.0902. The third-order valence-electron chi connectivity index (χ3n) is 5.09. The molecule has 0 aliphatic rings. The Balaban J connectivity index is 2.41. The largest absolute Gasteiger partial charge is 0.343 e. The van der Waals surface area contributed by atoms with Crippen LogP contribution in [0.4, 0.5) is 0 Å². The molecule has 0 aromatic heterocycles. The second-order valence-corrected chi connectivity index (χ2v) is 9.67. The Kier molecular flexibility index (Phi) is 6.91. The Morgan fingerprint density at radius 2 is 1.79 bits per heavy atom. The van der Waals surface area contributed by atoms with Gasteiger partial charge in [-0.05, 0) is 51.0 Å². The maximum absolute atomic E-state index is 13.0. The van der Waals surface area contributed by atoms with Gasteiger partial charge in [-0.3, -0.25) is 4.79 Å². The van der Waals surface area contributed by atoms with Crippen molar-refractivity contribution in [3.8, 4) is 0 Å². The number of benzene rings is 2. The van der Waals surface area contributed by atoms with Crippen LogP contribution in [0, 0.1) is 0 Å². The van der Waals surface area contributed by atoms with Gasteiger partial charge in [0.2, 0.25) is 10.0 Å². The number of carbonyl (C=O) groups is 1. The zero-order chi connectivity index (χ0) is 21.1. The Labute approximate surface area is 172 Å². The summed E-state index contributed by atoms with van der Waals surface area (Å²) in [5, 5.41) is 3.22. The van der Waals surface area contributed by atoms with E-state index >= 15 is 0 Å². The van der Waals surface area contributed by atoms with Gasteiger partial charge in [-0.15, -0.1) is 0 Å². The van der Waals surface area contributed by atoms with Crippen LogP contribution in [-0.4, -0.2) is 31.7 Å². The van der Waals surface area contributed by atoms with E-state index in [1.165, 1.54) is 29.6 Å². The van der Waals surface area contributed by atoms with Crippen LogP contribution in [0.2, 0.25) is 5.02 Å². The van der Waals surface area contributed by atoms with Crippen LogP contribution < -0.4 is 5.32 Å². The minimum Gasteiger partial charge on any atom is -0.343 e. The van der Waals surface area contributed by atoms with Crippen LogP contribution in [-0.2, 0) is 15.6 Å². The topological polar surface area (TPSA) is 66.5 Å². The molecule has 2 aromatic carbocycles. The normalized spacial score (nSPS) is 14.1. The van der Waals surface area contributed by atoms with Crippen LogP contribution in [0.1, 0.15) is 50.0 Å². The summed E-state index contributed by atoms with van der Waals surface area (Å²) in [6, 6.07) is 13.6. The van der Waals surface area contributed by atoms with Crippen LogP contribution in [0.15, 0.2) is 53.4 Å². The van der Waals surface area contributed by atoms with Gasteiger partial charge in [0.05, 0.1) is 21.0 Å². The standard InChI is InChI=1S/C21H27ClN2O3S/c1-6-21(4,16-10-8-7-9-11-16)23-20(25)18-14-17(12-13-19(18)22)28(26,27)24(5)15(2)3/h7-15H,6H2,1-5H3,(H,23,25). The molecule has 0 radical (unpaired) electrons. The van der Waals surface area contributed by atoms with Gasteiger partial charge >= 0.3 is 0 Å². The molecule has 2 aromatic rings. The number of carbonyl (C=O) groups excluding carboxylic acids is 1. The van der Waals surface area contributed by atoms with Gasteiger partial charge in [0.25, 0.3) is 5.91 Å². The van der Waals surface area contributed by atoms with E-state index in [-0.39, 0.29) is 21.5 Å². The number of rotatable bonds is 7. The molecule has 0 fully saturated rings. The first-order chi connectivity index (χ1) is 13.0. The molecule has 0 aliphatic carbocycles. The van der Waals surface area contributed by atoms with Crippen molar-refractivity contribution in [2.24, 2.45) is 0 Å². The number of nitrogens with zero attached hydrogens (tertiary/aromatic N) is 1. The molecular weight excluding hydrogens is 396 g/mol. The van der Waals surface area contributed by atoms with E-state index in [4.69, 9.17) is 11.6 Å². The molecule has 0 saturated heterocycles. The summed E-state index contributed by atoms with van der Waals surface area (Å²) in [6.45, 7) is 7.48. The highest BCUT2D eigenvalue weighted by Crippen LogP contribution is 2.27. The van der Waals surface area contributed by atoms with Crippen LogP contribution in [0.25, 0.3) is 0 Å². The van der Waals surface area contributed by atoms with E-state index < -0.39 is 21.5 Å². The van der Waals surface area contributed by atoms with Crippen molar-refractivity contribution >= 4 is 27.5 Å². The summed E-state index contributed by atoms with van der Waals surface area (Å²) in [4.78, 5) is 13.0. The van der Waals surface area contributed by atoms with Gasteiger partial charge in [0.15, 0.2) is 0 Å². The van der Waals surface area contributed by atoms with E-state index in [9.17, 15) is 13.2 Å². The molecule has 1 amide bonds. The lowest BCUT2D eigenvalue weighted by atomic mass is 9.89. The molecule has 2 rings (SSSR count). The summed E-state index contributed by atoms with van der Waals surface area (Å²) in [7, 11) is -2.21. The average Bonchev–Trinajstić information content (AvgIpc) is 2.67. The fourth-order valence-electron chi connectivity index (χ4n) is 2.77. The molecule has 152 valence electrons. The van der Waals surface area contributed by atoms with Gasteiger partial charge in [0.1, 0.15) is 0 Å². The average molecular weight is 423 g/mol. The van der Waals surface area contributed by atoms with Crippen molar-refractivity contribution in [2.75, 3.05) is 7.05 Å². The van der Waals surface area contributed by atoms with Crippen LogP contribution in [0.5, 0.6) is 0 Å². The summed E-state index contributed by atoms with van der Waals surface area (Å²) in [6.07, 6.45) is 0.661. The minimum absolute atomic E-state index is 0.0381. The van der Waals surface area contributed by atoms with E-state index in [0.29, 0.717) is 6.42 Å².